The normalized spacial score (nSPS) is 11.1. The van der Waals surface area contributed by atoms with Crippen LogP contribution in [0.1, 0.15) is 27.2 Å². The van der Waals surface area contributed by atoms with Crippen molar-refractivity contribution >= 4 is 17.7 Å². The molecule has 0 aliphatic carbocycles. The molecule has 0 atom stereocenters. The number of hydrogen-bond donors (Lipinski definition) is 0. The summed E-state index contributed by atoms with van der Waals surface area (Å²) in [4.78, 5) is 15.4. The van der Waals surface area contributed by atoms with Crippen molar-refractivity contribution < 1.29 is 4.79 Å². The molecule has 0 N–H and O–H groups in total. The van der Waals surface area contributed by atoms with Crippen LogP contribution in [0.3, 0.4) is 0 Å². The van der Waals surface area contributed by atoms with Crippen LogP contribution in [0.2, 0.25) is 0 Å². The second-order valence-corrected chi connectivity index (χ2v) is 5.13. The third-order valence-corrected chi connectivity index (χ3v) is 3.54. The molecular formula is C11H24N2OS. The lowest BCUT2D eigenvalue weighted by Gasteiger charge is -2.21. The number of thioether (sulfide) groups is 1. The largest absolute Gasteiger partial charge is 0.345 e. The zero-order valence-electron chi connectivity index (χ0n) is 10.6. The van der Waals surface area contributed by atoms with E-state index in [-0.39, 0.29) is 5.91 Å². The minimum atomic E-state index is 0.229. The zero-order chi connectivity index (χ0) is 11.8. The lowest BCUT2D eigenvalue weighted by atomic mass is 10.4. The molecule has 3 nitrogen and oxygen atoms in total. The van der Waals surface area contributed by atoms with Crippen LogP contribution in [-0.2, 0) is 4.79 Å². The Morgan fingerprint density at radius 2 is 1.93 bits per heavy atom. The van der Waals surface area contributed by atoms with Gasteiger partial charge in [-0.15, -0.1) is 11.8 Å². The average Bonchev–Trinajstić information content (AvgIpc) is 2.22. The van der Waals surface area contributed by atoms with E-state index in [2.05, 4.69) is 25.8 Å². The monoisotopic (exact) mass is 232 g/mol. The first-order chi connectivity index (χ1) is 6.99. The van der Waals surface area contributed by atoms with Crippen LogP contribution in [-0.4, -0.2) is 54.0 Å². The Hall–Kier alpha value is -0.220. The van der Waals surface area contributed by atoms with Crippen molar-refractivity contribution in [2.45, 2.75) is 33.2 Å². The summed E-state index contributed by atoms with van der Waals surface area (Å²) >= 11 is 1.88. The van der Waals surface area contributed by atoms with Crippen LogP contribution < -0.4 is 0 Å². The van der Waals surface area contributed by atoms with Gasteiger partial charge in [0.25, 0.3) is 0 Å². The van der Waals surface area contributed by atoms with E-state index in [9.17, 15) is 4.79 Å². The van der Waals surface area contributed by atoms with Crippen molar-refractivity contribution in [2.24, 2.45) is 0 Å². The fraction of sp³-hybridized carbons (Fsp3) is 0.909. The summed E-state index contributed by atoms with van der Waals surface area (Å²) in [5, 5.41) is 0. The standard InChI is InChI=1S/C11H24N2OS/c1-6-11(14)12(4)7-8-15-9-13(5)10(2)3/h10H,6-9H2,1-5H3. The Morgan fingerprint density at radius 1 is 1.33 bits per heavy atom. The minimum absolute atomic E-state index is 0.229. The summed E-state index contributed by atoms with van der Waals surface area (Å²) < 4.78 is 0. The van der Waals surface area contributed by atoms with Gasteiger partial charge in [0.2, 0.25) is 5.91 Å². The maximum absolute atomic E-state index is 11.3. The number of hydrogen-bond acceptors (Lipinski definition) is 3. The van der Waals surface area contributed by atoms with Crippen molar-refractivity contribution in [1.29, 1.82) is 0 Å². The highest BCUT2D eigenvalue weighted by atomic mass is 32.2. The second kappa shape index (κ2) is 7.99. The van der Waals surface area contributed by atoms with Gasteiger partial charge < -0.3 is 4.90 Å². The van der Waals surface area contributed by atoms with Gasteiger partial charge in [-0.25, -0.2) is 0 Å². The fourth-order valence-corrected chi connectivity index (χ4v) is 2.07. The fourth-order valence-electron chi connectivity index (χ4n) is 0.954. The molecule has 0 heterocycles. The van der Waals surface area contributed by atoms with E-state index >= 15 is 0 Å². The summed E-state index contributed by atoms with van der Waals surface area (Å²) in [7, 11) is 4.00. The van der Waals surface area contributed by atoms with Gasteiger partial charge in [0, 0.05) is 37.7 Å². The lowest BCUT2D eigenvalue weighted by molar-refractivity contribution is -0.129. The number of carbonyl (C=O) groups is 1. The molecule has 0 rings (SSSR count). The lowest BCUT2D eigenvalue weighted by Crippen LogP contribution is -2.29. The van der Waals surface area contributed by atoms with Crippen molar-refractivity contribution in [3.63, 3.8) is 0 Å². The van der Waals surface area contributed by atoms with E-state index in [4.69, 9.17) is 0 Å². The van der Waals surface area contributed by atoms with Gasteiger partial charge >= 0.3 is 0 Å². The van der Waals surface area contributed by atoms with Gasteiger partial charge in [0.05, 0.1) is 0 Å². The summed E-state index contributed by atoms with van der Waals surface area (Å²) in [6.07, 6.45) is 0.604. The smallest absolute Gasteiger partial charge is 0.222 e. The molecule has 0 radical (unpaired) electrons. The average molecular weight is 232 g/mol. The van der Waals surface area contributed by atoms with E-state index in [0.29, 0.717) is 12.5 Å². The molecule has 1 amide bonds. The number of amides is 1. The molecule has 0 bridgehead atoms. The van der Waals surface area contributed by atoms with Gasteiger partial charge in [0.15, 0.2) is 0 Å². The van der Waals surface area contributed by atoms with E-state index in [1.807, 2.05) is 30.6 Å². The maximum atomic E-state index is 11.3. The number of nitrogens with zero attached hydrogens (tertiary/aromatic N) is 2. The molecule has 0 aromatic rings. The van der Waals surface area contributed by atoms with Gasteiger partial charge in [-0.2, -0.15) is 0 Å². The highest BCUT2D eigenvalue weighted by Crippen LogP contribution is 2.06. The Balaban J connectivity index is 3.50. The van der Waals surface area contributed by atoms with Crippen LogP contribution >= 0.6 is 11.8 Å². The maximum Gasteiger partial charge on any atom is 0.222 e. The predicted molar refractivity (Wildman–Crippen MR) is 68.2 cm³/mol. The number of rotatable bonds is 7. The van der Waals surface area contributed by atoms with Crippen molar-refractivity contribution in [3.05, 3.63) is 0 Å². The highest BCUT2D eigenvalue weighted by Gasteiger charge is 2.06. The van der Waals surface area contributed by atoms with E-state index < -0.39 is 0 Å². The molecule has 4 heteroatoms. The molecule has 0 fully saturated rings. The van der Waals surface area contributed by atoms with Gasteiger partial charge in [-0.1, -0.05) is 6.92 Å². The summed E-state index contributed by atoms with van der Waals surface area (Å²) in [5.74, 6) is 2.28. The minimum Gasteiger partial charge on any atom is -0.345 e. The molecule has 90 valence electrons. The van der Waals surface area contributed by atoms with Crippen LogP contribution in [0.15, 0.2) is 0 Å². The third-order valence-electron chi connectivity index (χ3n) is 2.48. The number of carbonyl (C=O) groups excluding carboxylic acids is 1. The van der Waals surface area contributed by atoms with Crippen LogP contribution in [0.25, 0.3) is 0 Å². The SMILES string of the molecule is CCC(=O)N(C)CCSCN(C)C(C)C. The van der Waals surface area contributed by atoms with E-state index in [1.165, 1.54) is 0 Å². The molecule has 0 aromatic carbocycles. The van der Waals surface area contributed by atoms with E-state index in [0.717, 1.165) is 18.2 Å². The van der Waals surface area contributed by atoms with Crippen LogP contribution in [0.5, 0.6) is 0 Å². The van der Waals surface area contributed by atoms with Gasteiger partial charge in [-0.05, 0) is 20.9 Å². The first-order valence-electron chi connectivity index (χ1n) is 5.51. The van der Waals surface area contributed by atoms with Crippen LogP contribution in [0.4, 0.5) is 0 Å². The molecule has 0 unspecified atom stereocenters. The van der Waals surface area contributed by atoms with E-state index in [1.54, 1.807) is 0 Å². The molecule has 0 spiro atoms. The molecular weight excluding hydrogens is 208 g/mol. The first kappa shape index (κ1) is 14.8. The molecule has 15 heavy (non-hydrogen) atoms. The molecule has 0 aromatic heterocycles. The van der Waals surface area contributed by atoms with Gasteiger partial charge in [-0.3, -0.25) is 9.69 Å². The highest BCUT2D eigenvalue weighted by molar-refractivity contribution is 7.99. The Bertz CT molecular complexity index is 185. The zero-order valence-corrected chi connectivity index (χ0v) is 11.4. The molecule has 0 aliphatic rings. The molecule has 0 saturated carbocycles. The van der Waals surface area contributed by atoms with Crippen LogP contribution in [0, 0.1) is 0 Å². The quantitative estimate of drug-likeness (QED) is 0.495. The van der Waals surface area contributed by atoms with Crippen molar-refractivity contribution in [1.82, 2.24) is 9.80 Å². The summed E-state index contributed by atoms with van der Waals surface area (Å²) in [5.41, 5.74) is 0. The van der Waals surface area contributed by atoms with Crippen molar-refractivity contribution in [2.75, 3.05) is 32.3 Å². The Kier molecular flexibility index (Phi) is 7.88. The summed E-state index contributed by atoms with van der Waals surface area (Å²) in [6.45, 7) is 7.13. The van der Waals surface area contributed by atoms with Crippen molar-refractivity contribution in [3.8, 4) is 0 Å². The topological polar surface area (TPSA) is 23.6 Å². The molecule has 0 aliphatic heterocycles. The predicted octanol–water partition coefficient (Wildman–Crippen LogP) is 1.89. The van der Waals surface area contributed by atoms with Gasteiger partial charge in [0.1, 0.15) is 0 Å². The third kappa shape index (κ3) is 6.79. The second-order valence-electron chi connectivity index (χ2n) is 4.06. The first-order valence-corrected chi connectivity index (χ1v) is 6.66. The Morgan fingerprint density at radius 3 is 2.40 bits per heavy atom. The Labute approximate surface area is 98.2 Å². The summed E-state index contributed by atoms with van der Waals surface area (Å²) in [6, 6.07) is 0.590. The molecule has 0 saturated heterocycles.